The van der Waals surface area contributed by atoms with Gasteiger partial charge in [0.1, 0.15) is 11.6 Å². The van der Waals surface area contributed by atoms with E-state index in [0.29, 0.717) is 11.6 Å². The second kappa shape index (κ2) is 9.51. The zero-order chi connectivity index (χ0) is 19.8. The highest BCUT2D eigenvalue weighted by molar-refractivity contribution is 5.65. The average Bonchev–Trinajstić information content (AvgIpc) is 2.62. The number of aliphatic hydroxyl groups excluding tert-OH is 1. The van der Waals surface area contributed by atoms with E-state index < -0.39 is 29.9 Å². The highest BCUT2D eigenvalue weighted by Crippen LogP contribution is 2.19. The first-order valence-corrected chi connectivity index (χ1v) is 8.08. The van der Waals surface area contributed by atoms with Crippen LogP contribution >= 0.6 is 0 Å². The molecule has 27 heavy (non-hydrogen) atoms. The number of hydrogen-bond donors (Lipinski definition) is 2. The van der Waals surface area contributed by atoms with Crippen LogP contribution in [0.4, 0.5) is 13.6 Å². The van der Waals surface area contributed by atoms with Crippen LogP contribution in [0, 0.1) is 11.6 Å². The molecule has 142 valence electrons. The van der Waals surface area contributed by atoms with Crippen molar-refractivity contribution in [2.24, 2.45) is 5.11 Å². The largest absolute Gasteiger partial charge is 0.465 e. The van der Waals surface area contributed by atoms with E-state index in [1.54, 1.807) is 30.3 Å². The summed E-state index contributed by atoms with van der Waals surface area (Å²) in [4.78, 5) is 15.3. The third kappa shape index (κ3) is 5.95. The number of rotatable bonds is 8. The summed E-state index contributed by atoms with van der Waals surface area (Å²) in [6, 6.07) is 10.5. The van der Waals surface area contributed by atoms with Crippen LogP contribution < -0.4 is 0 Å². The van der Waals surface area contributed by atoms with Crippen LogP contribution in [-0.4, -0.2) is 39.9 Å². The minimum atomic E-state index is -1.35. The van der Waals surface area contributed by atoms with Crippen molar-refractivity contribution < 1.29 is 23.8 Å². The van der Waals surface area contributed by atoms with Crippen molar-refractivity contribution in [2.45, 2.75) is 25.1 Å². The first-order chi connectivity index (χ1) is 12.9. The Kier molecular flexibility index (Phi) is 7.10. The summed E-state index contributed by atoms with van der Waals surface area (Å²) < 4.78 is 27.0. The molecule has 0 aliphatic heterocycles. The first kappa shape index (κ1) is 20.2. The number of carboxylic acid groups (broad SMARTS) is 1. The molecule has 2 N–H and O–H groups in total. The van der Waals surface area contributed by atoms with Crippen molar-refractivity contribution in [3.05, 3.63) is 81.7 Å². The molecule has 2 aromatic rings. The first-order valence-electron chi connectivity index (χ1n) is 8.08. The van der Waals surface area contributed by atoms with Gasteiger partial charge in [0.2, 0.25) is 0 Å². The molecule has 0 radical (unpaired) electrons. The van der Waals surface area contributed by atoms with Crippen molar-refractivity contribution >= 4 is 6.09 Å². The minimum Gasteiger partial charge on any atom is -0.465 e. The third-order valence-electron chi connectivity index (χ3n) is 3.99. The van der Waals surface area contributed by atoms with E-state index in [9.17, 15) is 23.8 Å². The number of halogens is 2. The van der Waals surface area contributed by atoms with E-state index in [2.05, 4.69) is 10.0 Å². The third-order valence-corrected chi connectivity index (χ3v) is 3.99. The molecule has 0 bridgehead atoms. The van der Waals surface area contributed by atoms with E-state index in [0.717, 1.165) is 17.0 Å². The van der Waals surface area contributed by atoms with E-state index in [-0.39, 0.29) is 25.1 Å². The molecule has 0 saturated carbocycles. The molecule has 9 heteroatoms. The fourth-order valence-corrected chi connectivity index (χ4v) is 2.77. The molecule has 0 saturated heterocycles. The van der Waals surface area contributed by atoms with Crippen LogP contribution in [0.3, 0.4) is 0 Å². The number of hydrogen-bond acceptors (Lipinski definition) is 3. The number of amides is 1. The second-order valence-corrected chi connectivity index (χ2v) is 5.93. The van der Waals surface area contributed by atoms with Crippen LogP contribution in [0.5, 0.6) is 0 Å². The predicted molar refractivity (Wildman–Crippen MR) is 93.9 cm³/mol. The molecule has 0 heterocycles. The Morgan fingerprint density at radius 3 is 2.33 bits per heavy atom. The Balaban J connectivity index is 2.35. The van der Waals surface area contributed by atoms with Gasteiger partial charge in [-0.15, -0.1) is 0 Å². The van der Waals surface area contributed by atoms with Gasteiger partial charge in [-0.2, -0.15) is 0 Å². The molecule has 0 aromatic heterocycles. The average molecular weight is 376 g/mol. The van der Waals surface area contributed by atoms with Gasteiger partial charge in [0, 0.05) is 17.5 Å². The summed E-state index contributed by atoms with van der Waals surface area (Å²) in [5.41, 5.74) is 9.31. The topological polar surface area (TPSA) is 110 Å². The fourth-order valence-electron chi connectivity index (χ4n) is 2.77. The maximum absolute atomic E-state index is 13.5. The van der Waals surface area contributed by atoms with Crippen molar-refractivity contribution in [1.82, 2.24) is 4.90 Å². The highest BCUT2D eigenvalue weighted by Gasteiger charge is 2.30. The van der Waals surface area contributed by atoms with Gasteiger partial charge in [-0.05, 0) is 35.2 Å². The Labute approximate surface area is 154 Å². The summed E-state index contributed by atoms with van der Waals surface area (Å²) >= 11 is 0. The van der Waals surface area contributed by atoms with Gasteiger partial charge in [-0.25, -0.2) is 13.6 Å². The van der Waals surface area contributed by atoms with Crippen LogP contribution in [0.15, 0.2) is 53.6 Å². The maximum atomic E-state index is 13.5. The van der Waals surface area contributed by atoms with Crippen LogP contribution in [0.1, 0.15) is 11.1 Å². The van der Waals surface area contributed by atoms with Gasteiger partial charge >= 0.3 is 6.09 Å². The predicted octanol–water partition coefficient (Wildman–Crippen LogP) is 3.73. The van der Waals surface area contributed by atoms with E-state index >= 15 is 0 Å². The molecule has 1 amide bonds. The lowest BCUT2D eigenvalue weighted by Crippen LogP contribution is -2.48. The lowest BCUT2D eigenvalue weighted by atomic mass is 9.99. The van der Waals surface area contributed by atoms with Crippen LogP contribution in [-0.2, 0) is 13.0 Å². The van der Waals surface area contributed by atoms with E-state index in [1.807, 2.05) is 0 Å². The molecule has 7 nitrogen and oxygen atoms in total. The minimum absolute atomic E-state index is 0.0496. The summed E-state index contributed by atoms with van der Waals surface area (Å²) in [5.74, 6) is -1.61. The summed E-state index contributed by atoms with van der Waals surface area (Å²) in [5, 5.41) is 23.3. The smallest absolute Gasteiger partial charge is 0.407 e. The van der Waals surface area contributed by atoms with Gasteiger partial charge in [-0.1, -0.05) is 35.4 Å². The molecule has 0 aliphatic rings. The Bertz CT molecular complexity index is 808. The Morgan fingerprint density at radius 1 is 1.15 bits per heavy atom. The standard InChI is InChI=1S/C18H18F2N4O3/c19-14-6-13(7-15(20)9-14)8-16(17(25)10-22-23-21)24(18(26)27)11-12-4-2-1-3-5-12/h1-7,9,16-17,25H,8,10-11H2,(H,26,27)/t16-,17+/m0/s1. The summed E-state index contributed by atoms with van der Waals surface area (Å²) in [6.07, 6.45) is -2.83. The lowest BCUT2D eigenvalue weighted by Gasteiger charge is -2.32. The van der Waals surface area contributed by atoms with Crippen molar-refractivity contribution in [3.63, 3.8) is 0 Å². The Morgan fingerprint density at radius 2 is 1.78 bits per heavy atom. The number of nitrogens with zero attached hydrogens (tertiary/aromatic N) is 4. The van der Waals surface area contributed by atoms with Crippen molar-refractivity contribution in [1.29, 1.82) is 0 Å². The molecule has 0 fully saturated rings. The molecular formula is C18H18F2N4O3. The second-order valence-electron chi connectivity index (χ2n) is 5.93. The number of carbonyl (C=O) groups is 1. The normalized spacial score (nSPS) is 12.7. The lowest BCUT2D eigenvalue weighted by molar-refractivity contribution is 0.0486. The van der Waals surface area contributed by atoms with E-state index in [4.69, 9.17) is 5.53 Å². The van der Waals surface area contributed by atoms with Crippen molar-refractivity contribution in [3.8, 4) is 0 Å². The van der Waals surface area contributed by atoms with Gasteiger partial charge in [0.15, 0.2) is 0 Å². The zero-order valence-corrected chi connectivity index (χ0v) is 14.2. The van der Waals surface area contributed by atoms with Crippen molar-refractivity contribution in [2.75, 3.05) is 6.54 Å². The number of benzene rings is 2. The highest BCUT2D eigenvalue weighted by atomic mass is 19.1. The van der Waals surface area contributed by atoms with E-state index in [1.165, 1.54) is 0 Å². The molecule has 2 rings (SSSR count). The van der Waals surface area contributed by atoms with Crippen LogP contribution in [0.25, 0.3) is 10.4 Å². The maximum Gasteiger partial charge on any atom is 0.407 e. The summed E-state index contributed by atoms with van der Waals surface area (Å²) in [7, 11) is 0. The van der Waals surface area contributed by atoms with Crippen LogP contribution in [0.2, 0.25) is 0 Å². The Hall–Kier alpha value is -3.16. The SMILES string of the molecule is [N-]=[N+]=NC[C@@H](O)[C@H](Cc1cc(F)cc(F)c1)N(Cc1ccccc1)C(=O)O. The fraction of sp³-hybridized carbons (Fsp3) is 0.278. The number of aliphatic hydroxyl groups is 1. The molecular weight excluding hydrogens is 358 g/mol. The van der Waals surface area contributed by atoms with Gasteiger partial charge in [-0.3, -0.25) is 4.90 Å². The van der Waals surface area contributed by atoms with Gasteiger partial charge < -0.3 is 10.2 Å². The monoisotopic (exact) mass is 376 g/mol. The molecule has 2 aromatic carbocycles. The summed E-state index contributed by atoms with van der Waals surface area (Å²) in [6.45, 7) is -0.427. The number of azide groups is 1. The molecule has 0 unspecified atom stereocenters. The van der Waals surface area contributed by atoms with Gasteiger partial charge in [0.25, 0.3) is 0 Å². The quantitative estimate of drug-likeness (QED) is 0.416. The zero-order valence-electron chi connectivity index (χ0n) is 14.2. The van der Waals surface area contributed by atoms with Gasteiger partial charge in [0.05, 0.1) is 18.7 Å². The molecule has 0 aliphatic carbocycles. The molecule has 2 atom stereocenters. The molecule has 0 spiro atoms.